The first-order chi connectivity index (χ1) is 14.3. The summed E-state index contributed by atoms with van der Waals surface area (Å²) < 4.78 is 12.7. The third kappa shape index (κ3) is 5.04. The number of hydrogen-bond donors (Lipinski definition) is 0. The van der Waals surface area contributed by atoms with E-state index in [1.807, 2.05) is 25.4 Å². The highest BCUT2D eigenvalue weighted by atomic mass is 35.5. The normalized spacial score (nSPS) is 16.0. The number of fused-ring (bicyclic) bond motifs is 2. The quantitative estimate of drug-likeness (QED) is 0.350. The van der Waals surface area contributed by atoms with Gasteiger partial charge in [0.05, 0.1) is 6.54 Å². The third-order valence-corrected chi connectivity index (χ3v) is 5.53. The highest BCUT2D eigenvalue weighted by Crippen LogP contribution is 2.36. The fourth-order valence-electron chi connectivity index (χ4n) is 4.17. The molecule has 162 valence electrons. The first-order valence-electron chi connectivity index (χ1n) is 10.1. The molecule has 1 unspecified atom stereocenters. The SMILES string of the molecule is Cc1cc2c(o1)CN(Cc1cccnc1)CCC2Oc1cccc2ccccc12.Cl.Cl. The molecule has 6 heteroatoms. The smallest absolute Gasteiger partial charge is 0.128 e. The van der Waals surface area contributed by atoms with Crippen LogP contribution in [0.2, 0.25) is 0 Å². The second-order valence-electron chi connectivity index (χ2n) is 7.68. The van der Waals surface area contributed by atoms with Crippen molar-refractivity contribution in [1.82, 2.24) is 9.88 Å². The lowest BCUT2D eigenvalue weighted by Crippen LogP contribution is -2.23. The molecule has 1 atom stereocenters. The number of furan rings is 1. The maximum Gasteiger partial charge on any atom is 0.128 e. The maximum atomic E-state index is 6.59. The van der Waals surface area contributed by atoms with E-state index < -0.39 is 0 Å². The van der Waals surface area contributed by atoms with Crippen molar-refractivity contribution in [2.24, 2.45) is 0 Å². The Labute approximate surface area is 195 Å². The molecule has 31 heavy (non-hydrogen) atoms. The number of benzene rings is 2. The molecule has 0 aliphatic carbocycles. The van der Waals surface area contributed by atoms with E-state index in [0.29, 0.717) is 0 Å². The van der Waals surface area contributed by atoms with Gasteiger partial charge in [-0.15, -0.1) is 24.8 Å². The first-order valence-corrected chi connectivity index (χ1v) is 10.1. The topological polar surface area (TPSA) is 38.5 Å². The second kappa shape index (κ2) is 10.2. The van der Waals surface area contributed by atoms with Crippen LogP contribution in [0.3, 0.4) is 0 Å². The Kier molecular flexibility index (Phi) is 7.60. The van der Waals surface area contributed by atoms with Gasteiger partial charge in [-0.2, -0.15) is 0 Å². The lowest BCUT2D eigenvalue weighted by Gasteiger charge is -2.21. The molecule has 3 heterocycles. The number of aromatic nitrogens is 1. The Hall–Kier alpha value is -2.53. The molecule has 1 aliphatic heterocycles. The Morgan fingerprint density at radius 2 is 1.90 bits per heavy atom. The van der Waals surface area contributed by atoms with Crippen LogP contribution in [-0.4, -0.2) is 16.4 Å². The summed E-state index contributed by atoms with van der Waals surface area (Å²) in [6.07, 6.45) is 4.64. The molecule has 0 N–H and O–H groups in total. The lowest BCUT2D eigenvalue weighted by molar-refractivity contribution is 0.172. The van der Waals surface area contributed by atoms with Gasteiger partial charge in [-0.05, 0) is 36.1 Å². The number of ether oxygens (including phenoxy) is 1. The summed E-state index contributed by atoms with van der Waals surface area (Å²) in [6.45, 7) is 4.59. The summed E-state index contributed by atoms with van der Waals surface area (Å²) in [6, 6.07) is 20.9. The Balaban J connectivity index is 0.00000136. The van der Waals surface area contributed by atoms with E-state index in [2.05, 4.69) is 64.5 Å². The number of aryl methyl sites for hydroxylation is 1. The average molecular weight is 457 g/mol. The van der Waals surface area contributed by atoms with Crippen molar-refractivity contribution in [3.63, 3.8) is 0 Å². The van der Waals surface area contributed by atoms with Gasteiger partial charge in [0.1, 0.15) is 23.4 Å². The molecule has 0 amide bonds. The molecule has 1 aliphatic rings. The van der Waals surface area contributed by atoms with Crippen LogP contribution in [0, 0.1) is 6.92 Å². The van der Waals surface area contributed by atoms with Crippen molar-refractivity contribution >= 4 is 35.6 Å². The minimum absolute atomic E-state index is 0. The summed E-state index contributed by atoms with van der Waals surface area (Å²) in [4.78, 5) is 6.65. The summed E-state index contributed by atoms with van der Waals surface area (Å²) in [5, 5.41) is 2.34. The van der Waals surface area contributed by atoms with Crippen molar-refractivity contribution in [3.8, 4) is 5.75 Å². The van der Waals surface area contributed by atoms with Gasteiger partial charge < -0.3 is 9.15 Å². The monoisotopic (exact) mass is 456 g/mol. The fourth-order valence-corrected chi connectivity index (χ4v) is 4.17. The van der Waals surface area contributed by atoms with Gasteiger partial charge in [0, 0.05) is 42.9 Å². The van der Waals surface area contributed by atoms with Gasteiger partial charge in [-0.1, -0.05) is 42.5 Å². The van der Waals surface area contributed by atoms with Gasteiger partial charge in [-0.25, -0.2) is 0 Å². The van der Waals surface area contributed by atoms with Crippen LogP contribution >= 0.6 is 24.8 Å². The highest BCUT2D eigenvalue weighted by Gasteiger charge is 2.27. The molecule has 0 saturated carbocycles. The van der Waals surface area contributed by atoms with Gasteiger partial charge >= 0.3 is 0 Å². The van der Waals surface area contributed by atoms with E-state index in [9.17, 15) is 0 Å². The lowest BCUT2D eigenvalue weighted by atomic mass is 10.1. The van der Waals surface area contributed by atoms with E-state index in [1.165, 1.54) is 16.5 Å². The standard InChI is InChI=1S/C25H24N2O2.2ClH/c1-18-14-22-24(29-23-10-4-8-20-7-2-3-9-21(20)23)11-13-27(17-25(22)28-18)16-19-6-5-12-26-15-19;;/h2-10,12,14-15,24H,11,13,16-17H2,1H3;2*1H. The van der Waals surface area contributed by atoms with Crippen molar-refractivity contribution < 1.29 is 9.15 Å². The van der Waals surface area contributed by atoms with E-state index in [4.69, 9.17) is 9.15 Å². The number of nitrogens with zero attached hydrogens (tertiary/aromatic N) is 2. The van der Waals surface area contributed by atoms with E-state index in [-0.39, 0.29) is 30.9 Å². The number of hydrogen-bond acceptors (Lipinski definition) is 4. The Bertz CT molecular complexity index is 1130. The van der Waals surface area contributed by atoms with Gasteiger partial charge in [0.25, 0.3) is 0 Å². The molecule has 0 spiro atoms. The number of rotatable bonds is 4. The largest absolute Gasteiger partial charge is 0.485 e. The van der Waals surface area contributed by atoms with Gasteiger partial charge in [0.15, 0.2) is 0 Å². The van der Waals surface area contributed by atoms with Crippen LogP contribution in [0.1, 0.15) is 35.2 Å². The predicted molar refractivity (Wildman–Crippen MR) is 128 cm³/mol. The molecular weight excluding hydrogens is 431 g/mol. The summed E-state index contributed by atoms with van der Waals surface area (Å²) in [7, 11) is 0. The Morgan fingerprint density at radius 3 is 2.74 bits per heavy atom. The molecular formula is C25H26Cl2N2O2. The third-order valence-electron chi connectivity index (χ3n) is 5.53. The van der Waals surface area contributed by atoms with E-state index >= 15 is 0 Å². The fraction of sp³-hybridized carbons (Fsp3) is 0.240. The van der Waals surface area contributed by atoms with Crippen LogP contribution in [0.25, 0.3) is 10.8 Å². The van der Waals surface area contributed by atoms with Crippen LogP contribution < -0.4 is 4.74 Å². The molecule has 0 radical (unpaired) electrons. The minimum atomic E-state index is -0.0212. The number of pyridine rings is 1. The Morgan fingerprint density at radius 1 is 1.06 bits per heavy atom. The van der Waals surface area contributed by atoms with Crippen molar-refractivity contribution in [2.75, 3.05) is 6.54 Å². The molecule has 0 fully saturated rings. The van der Waals surface area contributed by atoms with Gasteiger partial charge in [-0.3, -0.25) is 9.88 Å². The van der Waals surface area contributed by atoms with Crippen LogP contribution in [0.4, 0.5) is 0 Å². The summed E-state index contributed by atoms with van der Waals surface area (Å²) >= 11 is 0. The van der Waals surface area contributed by atoms with Crippen LogP contribution in [0.15, 0.2) is 77.5 Å². The zero-order chi connectivity index (χ0) is 19.6. The zero-order valence-corrected chi connectivity index (χ0v) is 19.0. The molecule has 4 nitrogen and oxygen atoms in total. The molecule has 2 aromatic carbocycles. The molecule has 0 bridgehead atoms. The highest BCUT2D eigenvalue weighted by molar-refractivity contribution is 5.88. The maximum absolute atomic E-state index is 6.59. The van der Waals surface area contributed by atoms with Crippen molar-refractivity contribution in [2.45, 2.75) is 32.5 Å². The molecule has 0 saturated heterocycles. The summed E-state index contributed by atoms with van der Waals surface area (Å²) in [5.41, 5.74) is 2.38. The zero-order valence-electron chi connectivity index (χ0n) is 17.4. The second-order valence-corrected chi connectivity index (χ2v) is 7.68. The minimum Gasteiger partial charge on any atom is -0.485 e. The first kappa shape index (κ1) is 23.1. The predicted octanol–water partition coefficient (Wildman–Crippen LogP) is 6.51. The molecule has 5 rings (SSSR count). The summed E-state index contributed by atoms with van der Waals surface area (Å²) in [5.74, 6) is 2.87. The van der Waals surface area contributed by atoms with E-state index in [1.54, 1.807) is 0 Å². The average Bonchev–Trinajstić information content (AvgIpc) is 3.04. The van der Waals surface area contributed by atoms with Crippen molar-refractivity contribution in [1.29, 1.82) is 0 Å². The number of halogens is 2. The molecule has 2 aromatic heterocycles. The van der Waals surface area contributed by atoms with E-state index in [0.717, 1.165) is 48.7 Å². The van der Waals surface area contributed by atoms with Crippen LogP contribution in [0.5, 0.6) is 5.75 Å². The molecule has 4 aromatic rings. The van der Waals surface area contributed by atoms with Gasteiger partial charge in [0.2, 0.25) is 0 Å². The van der Waals surface area contributed by atoms with Crippen LogP contribution in [-0.2, 0) is 13.1 Å². The van der Waals surface area contributed by atoms with Crippen molar-refractivity contribution in [3.05, 3.63) is 95.7 Å².